The van der Waals surface area contributed by atoms with Gasteiger partial charge >= 0.3 is 31.7 Å². The molecular formula is C25H35N6O14P. The lowest BCUT2D eigenvalue weighted by atomic mass is 10.1. The highest BCUT2D eigenvalue weighted by molar-refractivity contribution is 7.46. The van der Waals surface area contributed by atoms with Crippen molar-refractivity contribution in [1.82, 2.24) is 19.7 Å². The van der Waals surface area contributed by atoms with Crippen molar-refractivity contribution >= 4 is 54.2 Å². The van der Waals surface area contributed by atoms with Crippen LogP contribution in [0.5, 0.6) is 0 Å². The zero-order chi connectivity index (χ0) is 34.6. The fourth-order valence-corrected chi connectivity index (χ4v) is 4.87. The Morgan fingerprint density at radius 2 is 1.28 bits per heavy atom. The third kappa shape index (κ3) is 14.7. The smallest absolute Gasteiger partial charge is 0.471 e. The van der Waals surface area contributed by atoms with Crippen molar-refractivity contribution in [3.05, 3.63) is 40.2 Å². The van der Waals surface area contributed by atoms with Crippen molar-refractivity contribution in [2.24, 2.45) is 5.73 Å². The average Bonchev–Trinajstić information content (AvgIpc) is 2.87. The fraction of sp³-hybridized carbons (Fsp3) is 0.440. The van der Waals surface area contributed by atoms with Gasteiger partial charge in [0.15, 0.2) is 0 Å². The molecule has 0 spiro atoms. The minimum atomic E-state index is -4.88. The fourth-order valence-electron chi connectivity index (χ4n) is 4.44. The van der Waals surface area contributed by atoms with E-state index < -0.39 is 82.1 Å². The number of amides is 1. The second-order valence-electron chi connectivity index (χ2n) is 10.1. The Labute approximate surface area is 260 Å². The Kier molecular flexibility index (Phi) is 14.4. The summed E-state index contributed by atoms with van der Waals surface area (Å²) < 4.78 is 15.5. The van der Waals surface area contributed by atoms with Crippen LogP contribution < -0.4 is 16.6 Å². The summed E-state index contributed by atoms with van der Waals surface area (Å²) in [5.41, 5.74) is 5.83. The average molecular weight is 675 g/mol. The van der Waals surface area contributed by atoms with Crippen LogP contribution >= 0.6 is 7.82 Å². The van der Waals surface area contributed by atoms with E-state index in [1.165, 1.54) is 34.1 Å². The summed E-state index contributed by atoms with van der Waals surface area (Å²) in [6.45, 7) is -3.08. The molecule has 20 nitrogen and oxygen atoms in total. The number of pyridine rings is 1. The normalized spacial score (nSPS) is 12.5. The van der Waals surface area contributed by atoms with Gasteiger partial charge in [-0.1, -0.05) is 6.07 Å². The number of aliphatic carboxylic acids is 4. The molecule has 2 aromatic rings. The Hall–Kier alpha value is -4.27. The second kappa shape index (κ2) is 17.4. The van der Waals surface area contributed by atoms with Crippen LogP contribution in [0.2, 0.25) is 0 Å². The van der Waals surface area contributed by atoms with E-state index in [2.05, 4.69) is 14.8 Å². The van der Waals surface area contributed by atoms with E-state index in [1.54, 1.807) is 0 Å². The Morgan fingerprint density at radius 1 is 0.804 bits per heavy atom. The van der Waals surface area contributed by atoms with E-state index >= 15 is 0 Å². The number of carbonyl (C=O) groups is 5. The maximum absolute atomic E-state index is 12.8. The maximum atomic E-state index is 12.8. The van der Waals surface area contributed by atoms with Crippen molar-refractivity contribution in [2.45, 2.75) is 12.6 Å². The van der Waals surface area contributed by atoms with Crippen LogP contribution in [0.3, 0.4) is 0 Å². The highest BCUT2D eigenvalue weighted by Gasteiger charge is 2.22. The Bertz CT molecular complexity index is 1510. The van der Waals surface area contributed by atoms with Crippen molar-refractivity contribution in [2.75, 3.05) is 64.2 Å². The van der Waals surface area contributed by atoms with Crippen LogP contribution in [-0.4, -0.2) is 145 Å². The number of carbonyl (C=O) groups excluding carboxylic acids is 1. The number of phosphoric acid groups is 1. The van der Waals surface area contributed by atoms with Crippen molar-refractivity contribution < 1.29 is 63.3 Å². The van der Waals surface area contributed by atoms with E-state index in [0.29, 0.717) is 10.9 Å². The summed E-state index contributed by atoms with van der Waals surface area (Å²) in [6, 6.07) is 5.56. The SMILES string of the molecule is NC(Cc1cc(=O)[nH]c2cc(NC(=O)CN(CCN(CCN(CC(=O)O)CC(=O)O)CC(=O)O)CC(=O)O)ccc12)OP(=O)(O)O. The Morgan fingerprint density at radius 3 is 1.78 bits per heavy atom. The molecule has 46 heavy (non-hydrogen) atoms. The lowest BCUT2D eigenvalue weighted by Gasteiger charge is -2.27. The quantitative estimate of drug-likeness (QED) is 0.0494. The number of fused-ring (bicyclic) bond motifs is 1. The van der Waals surface area contributed by atoms with Crippen LogP contribution in [0.15, 0.2) is 29.1 Å². The number of phosphoric ester groups is 1. The molecule has 1 heterocycles. The van der Waals surface area contributed by atoms with Crippen LogP contribution in [0, 0.1) is 0 Å². The molecule has 1 aromatic carbocycles. The summed E-state index contributed by atoms with van der Waals surface area (Å²) in [6.07, 6.45) is -1.65. The molecule has 0 aliphatic rings. The predicted molar refractivity (Wildman–Crippen MR) is 158 cm³/mol. The van der Waals surface area contributed by atoms with Crippen LogP contribution in [0.4, 0.5) is 5.69 Å². The first-order valence-electron chi connectivity index (χ1n) is 13.4. The standard InChI is InChI=1S/C25H35N6O14P/c26-19(45-46(42,43)44)7-15-8-20(32)28-18-9-16(1-2-17(15)18)27-21(33)10-30(12-23(36)37)5-3-29(11-22(34)35)4-6-31(13-24(38)39)14-25(40)41/h1-2,8-9,19H,3-7,10-14,26H2,(H,27,33)(H,28,32)(H,34,35)(H,36,37)(H,38,39)(H,40,41)(H2,42,43,44). The molecule has 0 radical (unpaired) electrons. The van der Waals surface area contributed by atoms with Gasteiger partial charge in [0.1, 0.15) is 6.23 Å². The topological polar surface area (TPSA) is 314 Å². The van der Waals surface area contributed by atoms with E-state index in [1.807, 2.05) is 0 Å². The first-order valence-corrected chi connectivity index (χ1v) is 14.9. The molecule has 0 fully saturated rings. The maximum Gasteiger partial charge on any atom is 0.471 e. The van der Waals surface area contributed by atoms with Crippen molar-refractivity contribution in [1.29, 1.82) is 0 Å². The summed E-state index contributed by atoms with van der Waals surface area (Å²) >= 11 is 0. The van der Waals surface area contributed by atoms with Crippen LogP contribution in [0.1, 0.15) is 5.56 Å². The number of hydrogen-bond acceptors (Lipinski definition) is 12. The monoisotopic (exact) mass is 674 g/mol. The molecule has 2 rings (SSSR count). The highest BCUT2D eigenvalue weighted by atomic mass is 31.2. The molecular weight excluding hydrogens is 639 g/mol. The highest BCUT2D eigenvalue weighted by Crippen LogP contribution is 2.37. The van der Waals surface area contributed by atoms with Gasteiger partial charge in [-0.15, -0.1) is 0 Å². The van der Waals surface area contributed by atoms with Crippen molar-refractivity contribution in [3.8, 4) is 0 Å². The minimum absolute atomic E-state index is 0.0608. The van der Waals surface area contributed by atoms with Gasteiger partial charge < -0.3 is 46.2 Å². The largest absolute Gasteiger partial charge is 0.480 e. The van der Waals surface area contributed by atoms with Crippen LogP contribution in [-0.2, 0) is 39.5 Å². The van der Waals surface area contributed by atoms with Gasteiger partial charge in [0.05, 0.1) is 38.2 Å². The number of carboxylic acid groups (broad SMARTS) is 4. The first-order chi connectivity index (χ1) is 21.4. The third-order valence-electron chi connectivity index (χ3n) is 6.17. The first kappa shape index (κ1) is 37.9. The number of nitrogens with zero attached hydrogens (tertiary/aromatic N) is 3. The number of carboxylic acids is 4. The molecule has 0 saturated heterocycles. The number of anilines is 1. The van der Waals surface area contributed by atoms with Gasteiger partial charge in [0, 0.05) is 49.7 Å². The zero-order valence-electron chi connectivity index (χ0n) is 24.3. The molecule has 0 aliphatic carbocycles. The lowest BCUT2D eigenvalue weighted by Crippen LogP contribution is -2.46. The second-order valence-corrected chi connectivity index (χ2v) is 11.3. The number of benzene rings is 1. The van der Waals surface area contributed by atoms with Gasteiger partial charge in [-0.25, -0.2) is 4.57 Å². The predicted octanol–water partition coefficient (Wildman–Crippen LogP) is -2.35. The molecule has 1 atom stereocenters. The van der Waals surface area contributed by atoms with Gasteiger partial charge in [-0.3, -0.25) is 48.0 Å². The van der Waals surface area contributed by atoms with E-state index in [9.17, 15) is 43.5 Å². The number of nitrogens with two attached hydrogens (primary N) is 1. The molecule has 21 heteroatoms. The zero-order valence-corrected chi connectivity index (χ0v) is 25.2. The van der Waals surface area contributed by atoms with E-state index in [-0.39, 0.29) is 43.8 Å². The third-order valence-corrected chi connectivity index (χ3v) is 6.72. The molecule has 1 amide bonds. The Balaban J connectivity index is 2.12. The van der Waals surface area contributed by atoms with Crippen molar-refractivity contribution in [3.63, 3.8) is 0 Å². The van der Waals surface area contributed by atoms with E-state index in [0.717, 1.165) is 4.90 Å². The van der Waals surface area contributed by atoms with Gasteiger partial charge in [-0.2, -0.15) is 0 Å². The summed E-state index contributed by atoms with van der Waals surface area (Å²) in [5, 5.41) is 39.6. The van der Waals surface area contributed by atoms with E-state index in [4.69, 9.17) is 25.7 Å². The minimum Gasteiger partial charge on any atom is -0.480 e. The molecule has 0 saturated carbocycles. The number of aromatic amines is 1. The van der Waals surface area contributed by atoms with Gasteiger partial charge in [-0.05, 0) is 17.7 Å². The summed E-state index contributed by atoms with van der Waals surface area (Å²) in [4.78, 5) is 94.1. The molecule has 1 unspecified atom stereocenters. The van der Waals surface area contributed by atoms with Crippen LogP contribution in [0.25, 0.3) is 10.9 Å². The molecule has 254 valence electrons. The number of H-pyrrole nitrogens is 1. The number of nitrogens with one attached hydrogen (secondary N) is 2. The summed E-state index contributed by atoms with van der Waals surface area (Å²) in [7, 11) is -4.88. The molecule has 10 N–H and O–H groups in total. The number of hydrogen-bond donors (Lipinski definition) is 9. The van der Waals surface area contributed by atoms with Gasteiger partial charge in [0.2, 0.25) is 11.5 Å². The number of rotatable bonds is 21. The number of aromatic nitrogens is 1. The molecule has 0 bridgehead atoms. The molecule has 1 aromatic heterocycles. The summed E-state index contributed by atoms with van der Waals surface area (Å²) in [5.74, 6) is -5.72. The van der Waals surface area contributed by atoms with Gasteiger partial charge in [0.25, 0.3) is 0 Å². The molecule has 0 aliphatic heterocycles. The lowest BCUT2D eigenvalue weighted by molar-refractivity contribution is -0.143.